The normalized spacial score (nSPS) is 11.5. The summed E-state index contributed by atoms with van der Waals surface area (Å²) >= 11 is 0. The molecule has 0 atom stereocenters. The second-order valence-electron chi connectivity index (χ2n) is 4.05. The minimum absolute atomic E-state index is 0.173. The maximum atomic E-state index is 11.6. The smallest absolute Gasteiger partial charge is 0.361 e. The lowest BCUT2D eigenvalue weighted by Crippen LogP contribution is -2.24. The van der Waals surface area contributed by atoms with Crippen LogP contribution < -0.4 is 0 Å². The summed E-state index contributed by atoms with van der Waals surface area (Å²) in [4.78, 5) is 11.6. The zero-order chi connectivity index (χ0) is 11.5. The molecule has 1 heterocycles. The van der Waals surface area contributed by atoms with Gasteiger partial charge in [0.1, 0.15) is 11.3 Å². The van der Waals surface area contributed by atoms with Gasteiger partial charge in [0.25, 0.3) is 0 Å². The third-order valence-electron chi connectivity index (χ3n) is 1.49. The lowest BCUT2D eigenvalue weighted by Gasteiger charge is -2.18. The Hall–Kier alpha value is -1.43. The average molecular weight is 213 g/mol. The Labute approximate surface area is 88.0 Å². The molecule has 1 aromatic heterocycles. The number of hydrogen-bond donors (Lipinski definition) is 1. The minimum atomic E-state index is -0.541. The number of aromatic nitrogens is 3. The van der Waals surface area contributed by atoms with Crippen molar-refractivity contribution in [1.82, 2.24) is 15.4 Å². The van der Waals surface area contributed by atoms with Crippen molar-refractivity contribution in [3.63, 3.8) is 0 Å². The summed E-state index contributed by atoms with van der Waals surface area (Å²) in [6.45, 7) is 5.61. The molecule has 0 saturated heterocycles. The number of esters is 1. The molecule has 0 aromatic carbocycles. The summed E-state index contributed by atoms with van der Waals surface area (Å²) in [6.07, 6.45) is 0. The van der Waals surface area contributed by atoms with Crippen molar-refractivity contribution in [3.05, 3.63) is 11.4 Å². The van der Waals surface area contributed by atoms with Crippen molar-refractivity contribution >= 4 is 5.97 Å². The van der Waals surface area contributed by atoms with E-state index in [1.807, 2.05) is 0 Å². The Morgan fingerprint density at radius 3 is 2.60 bits per heavy atom. The van der Waals surface area contributed by atoms with Gasteiger partial charge in [0.05, 0.1) is 6.61 Å². The molecule has 1 aromatic rings. The number of ether oxygens (including phenoxy) is 2. The minimum Gasteiger partial charge on any atom is -0.455 e. The van der Waals surface area contributed by atoms with Crippen LogP contribution in [0.15, 0.2) is 0 Å². The van der Waals surface area contributed by atoms with E-state index in [4.69, 9.17) is 9.47 Å². The van der Waals surface area contributed by atoms with E-state index in [1.165, 1.54) is 7.11 Å². The highest BCUT2D eigenvalue weighted by Gasteiger charge is 2.23. The first-order chi connectivity index (χ1) is 6.94. The topological polar surface area (TPSA) is 77.1 Å². The van der Waals surface area contributed by atoms with Crippen LogP contribution in [0.3, 0.4) is 0 Å². The van der Waals surface area contributed by atoms with Gasteiger partial charge < -0.3 is 9.47 Å². The van der Waals surface area contributed by atoms with Crippen molar-refractivity contribution < 1.29 is 14.3 Å². The zero-order valence-electron chi connectivity index (χ0n) is 9.33. The highest BCUT2D eigenvalue weighted by Crippen LogP contribution is 2.12. The van der Waals surface area contributed by atoms with Gasteiger partial charge in [-0.25, -0.2) is 4.79 Å². The summed E-state index contributed by atoms with van der Waals surface area (Å²) in [6, 6.07) is 0. The van der Waals surface area contributed by atoms with E-state index < -0.39 is 11.6 Å². The van der Waals surface area contributed by atoms with Gasteiger partial charge in [-0.15, -0.1) is 5.10 Å². The van der Waals surface area contributed by atoms with Crippen molar-refractivity contribution in [2.24, 2.45) is 0 Å². The number of nitrogens with zero attached hydrogens (tertiary/aromatic N) is 2. The van der Waals surface area contributed by atoms with Crippen molar-refractivity contribution in [2.45, 2.75) is 33.0 Å². The van der Waals surface area contributed by atoms with Crippen LogP contribution in [-0.2, 0) is 16.1 Å². The maximum absolute atomic E-state index is 11.6. The summed E-state index contributed by atoms with van der Waals surface area (Å²) in [5.74, 6) is -0.497. The van der Waals surface area contributed by atoms with E-state index >= 15 is 0 Å². The first kappa shape index (κ1) is 11.6. The van der Waals surface area contributed by atoms with Gasteiger partial charge in [0, 0.05) is 7.11 Å². The SMILES string of the molecule is COCc1n[nH]nc1C(=O)OC(C)(C)C. The molecule has 0 bridgehead atoms. The number of hydrogen-bond acceptors (Lipinski definition) is 5. The van der Waals surface area contributed by atoms with E-state index in [-0.39, 0.29) is 12.3 Å². The molecule has 0 aliphatic rings. The molecule has 15 heavy (non-hydrogen) atoms. The van der Waals surface area contributed by atoms with Crippen LogP contribution in [0.1, 0.15) is 37.0 Å². The van der Waals surface area contributed by atoms with Gasteiger partial charge >= 0.3 is 5.97 Å². The molecular weight excluding hydrogens is 198 g/mol. The van der Waals surface area contributed by atoms with Gasteiger partial charge in [0.15, 0.2) is 5.69 Å². The van der Waals surface area contributed by atoms with Gasteiger partial charge in [-0.1, -0.05) is 0 Å². The number of methoxy groups -OCH3 is 1. The van der Waals surface area contributed by atoms with Gasteiger partial charge in [-0.3, -0.25) is 0 Å². The average Bonchev–Trinajstić information content (AvgIpc) is 2.49. The zero-order valence-corrected chi connectivity index (χ0v) is 9.33. The van der Waals surface area contributed by atoms with Crippen LogP contribution in [-0.4, -0.2) is 34.1 Å². The summed E-state index contributed by atoms with van der Waals surface area (Å²) in [7, 11) is 1.52. The first-order valence-electron chi connectivity index (χ1n) is 4.56. The van der Waals surface area contributed by atoms with E-state index in [1.54, 1.807) is 20.8 Å². The van der Waals surface area contributed by atoms with Crippen LogP contribution in [0.25, 0.3) is 0 Å². The van der Waals surface area contributed by atoms with Crippen molar-refractivity contribution in [1.29, 1.82) is 0 Å². The summed E-state index contributed by atoms with van der Waals surface area (Å²) in [5, 5.41) is 9.89. The van der Waals surface area contributed by atoms with Crippen molar-refractivity contribution in [2.75, 3.05) is 7.11 Å². The van der Waals surface area contributed by atoms with E-state index in [0.29, 0.717) is 5.69 Å². The Bertz CT molecular complexity index is 341. The standard InChI is InChI=1S/C9H15N3O3/c1-9(2,3)15-8(13)7-6(5-14-4)10-12-11-7/h5H2,1-4H3,(H,10,11,12). The van der Waals surface area contributed by atoms with Crippen molar-refractivity contribution in [3.8, 4) is 0 Å². The van der Waals surface area contributed by atoms with E-state index in [9.17, 15) is 4.79 Å². The summed E-state index contributed by atoms with van der Waals surface area (Å²) < 4.78 is 10.0. The summed E-state index contributed by atoms with van der Waals surface area (Å²) in [5.41, 5.74) is 0.0823. The molecule has 1 rings (SSSR count). The Kier molecular flexibility index (Phi) is 3.41. The fourth-order valence-corrected chi connectivity index (χ4v) is 0.980. The van der Waals surface area contributed by atoms with Crippen LogP contribution >= 0.6 is 0 Å². The molecule has 0 fully saturated rings. The lowest BCUT2D eigenvalue weighted by atomic mass is 10.2. The number of carbonyl (C=O) groups excluding carboxylic acids is 1. The van der Waals surface area contributed by atoms with Gasteiger partial charge in [-0.2, -0.15) is 10.3 Å². The quantitative estimate of drug-likeness (QED) is 0.755. The van der Waals surface area contributed by atoms with Crippen LogP contribution in [0.4, 0.5) is 0 Å². The molecule has 84 valence electrons. The molecule has 0 radical (unpaired) electrons. The number of rotatable bonds is 3. The number of aromatic amines is 1. The second-order valence-corrected chi connectivity index (χ2v) is 4.05. The van der Waals surface area contributed by atoms with E-state index in [2.05, 4.69) is 15.4 Å². The number of carbonyl (C=O) groups is 1. The Morgan fingerprint density at radius 1 is 1.40 bits per heavy atom. The molecule has 0 amide bonds. The fraction of sp³-hybridized carbons (Fsp3) is 0.667. The molecule has 1 N–H and O–H groups in total. The van der Waals surface area contributed by atoms with Gasteiger partial charge in [-0.05, 0) is 20.8 Å². The van der Waals surface area contributed by atoms with Crippen LogP contribution in [0.2, 0.25) is 0 Å². The highest BCUT2D eigenvalue weighted by atomic mass is 16.6. The lowest BCUT2D eigenvalue weighted by molar-refractivity contribution is 0.00590. The van der Waals surface area contributed by atoms with Crippen LogP contribution in [0.5, 0.6) is 0 Å². The third kappa shape index (κ3) is 3.32. The Balaban J connectivity index is 2.77. The molecule has 0 unspecified atom stereocenters. The molecule has 0 saturated carbocycles. The predicted octanol–water partition coefficient (Wildman–Crippen LogP) is 0.906. The van der Waals surface area contributed by atoms with E-state index in [0.717, 1.165) is 0 Å². The molecule has 0 spiro atoms. The molecule has 6 heteroatoms. The monoisotopic (exact) mass is 213 g/mol. The third-order valence-corrected chi connectivity index (χ3v) is 1.49. The second kappa shape index (κ2) is 4.39. The Morgan fingerprint density at radius 2 is 2.07 bits per heavy atom. The predicted molar refractivity (Wildman–Crippen MR) is 52.3 cm³/mol. The number of nitrogens with one attached hydrogen (secondary N) is 1. The molecular formula is C9H15N3O3. The molecule has 0 aliphatic heterocycles. The first-order valence-corrected chi connectivity index (χ1v) is 4.56. The molecule has 0 aliphatic carbocycles. The van der Waals surface area contributed by atoms with Crippen LogP contribution in [0, 0.1) is 0 Å². The largest absolute Gasteiger partial charge is 0.455 e. The fourth-order valence-electron chi connectivity index (χ4n) is 0.980. The number of H-pyrrole nitrogens is 1. The van der Waals surface area contributed by atoms with Gasteiger partial charge in [0.2, 0.25) is 0 Å². The highest BCUT2D eigenvalue weighted by molar-refractivity contribution is 5.88. The maximum Gasteiger partial charge on any atom is 0.361 e. The molecule has 6 nitrogen and oxygen atoms in total.